The van der Waals surface area contributed by atoms with Gasteiger partial charge in [-0.05, 0) is 32.0 Å². The molecule has 1 aliphatic heterocycles. The summed E-state index contributed by atoms with van der Waals surface area (Å²) in [5, 5.41) is 19.4. The maximum Gasteiger partial charge on any atom is 0.188 e. The molecule has 10 heteroatoms. The van der Waals surface area contributed by atoms with Crippen LogP contribution < -0.4 is 10.2 Å². The Morgan fingerprint density at radius 2 is 2.03 bits per heavy atom. The summed E-state index contributed by atoms with van der Waals surface area (Å²) in [4.78, 5) is 17.7. The van der Waals surface area contributed by atoms with Crippen LogP contribution in [0.15, 0.2) is 24.7 Å². The third kappa shape index (κ3) is 3.47. The van der Waals surface area contributed by atoms with E-state index in [2.05, 4.69) is 32.3 Å². The molecule has 0 aliphatic carbocycles. The summed E-state index contributed by atoms with van der Waals surface area (Å²) in [6.07, 6.45) is 6.61. The van der Waals surface area contributed by atoms with Gasteiger partial charge in [0.2, 0.25) is 0 Å². The number of rotatable bonds is 4. The number of thiazole rings is 2. The van der Waals surface area contributed by atoms with Gasteiger partial charge >= 0.3 is 0 Å². The fourth-order valence-corrected chi connectivity index (χ4v) is 5.56. The van der Waals surface area contributed by atoms with Crippen LogP contribution in [0, 0.1) is 0 Å². The van der Waals surface area contributed by atoms with Gasteiger partial charge in [-0.15, -0.1) is 0 Å². The Morgan fingerprint density at radius 1 is 1.21 bits per heavy atom. The quantitative estimate of drug-likeness (QED) is 0.514. The van der Waals surface area contributed by atoms with Crippen LogP contribution in [0.5, 0.6) is 5.75 Å². The number of pyridine rings is 1. The van der Waals surface area contributed by atoms with Gasteiger partial charge in [-0.3, -0.25) is 4.68 Å². The molecule has 0 atom stereocenters. The predicted octanol–water partition coefficient (Wildman–Crippen LogP) is 3.11. The minimum atomic E-state index is -2.35. The van der Waals surface area contributed by atoms with Gasteiger partial charge < -0.3 is 15.3 Å². The molecule has 0 aromatic carbocycles. The molecule has 0 bridgehead atoms. The molecule has 4 aromatic heterocycles. The zero-order valence-electron chi connectivity index (χ0n) is 18.7. The summed E-state index contributed by atoms with van der Waals surface area (Å²) >= 11 is 2.94. The van der Waals surface area contributed by atoms with Crippen LogP contribution in [0.25, 0.3) is 31.5 Å². The number of nitrogens with one attached hydrogen (secondary N) is 1. The van der Waals surface area contributed by atoms with Gasteiger partial charge in [0.15, 0.2) is 14.8 Å². The van der Waals surface area contributed by atoms with Crippen molar-refractivity contribution in [3.8, 4) is 27.6 Å². The zero-order chi connectivity index (χ0) is 22.5. The molecule has 0 saturated carbocycles. The van der Waals surface area contributed by atoms with E-state index in [1.54, 1.807) is 23.6 Å². The van der Waals surface area contributed by atoms with Crippen LogP contribution in [0.4, 0.5) is 5.13 Å². The minimum absolute atomic E-state index is 0.0300. The van der Waals surface area contributed by atoms with Gasteiger partial charge in [0.1, 0.15) is 16.5 Å². The van der Waals surface area contributed by atoms with Crippen molar-refractivity contribution in [3.63, 3.8) is 0 Å². The summed E-state index contributed by atoms with van der Waals surface area (Å²) in [6, 6.07) is 2.02. The van der Waals surface area contributed by atoms with Crippen molar-refractivity contribution in [1.29, 1.82) is 0 Å². The molecular formula is C19H21N7OS2. The molecule has 0 amide bonds. The van der Waals surface area contributed by atoms with Crippen molar-refractivity contribution in [2.45, 2.75) is 18.9 Å². The van der Waals surface area contributed by atoms with E-state index in [4.69, 9.17) is 9.10 Å². The zero-order valence-corrected chi connectivity index (χ0v) is 17.3. The molecule has 2 N–H and O–H groups in total. The van der Waals surface area contributed by atoms with Crippen molar-refractivity contribution < 1.29 is 9.22 Å². The molecule has 5 rings (SSSR count). The number of fused-ring (bicyclic) bond motifs is 1. The average Bonchev–Trinajstić information content (AvgIpc) is 3.48. The Balaban J connectivity index is 1.39. The van der Waals surface area contributed by atoms with Crippen molar-refractivity contribution in [2.24, 2.45) is 6.98 Å². The number of aromatic nitrogens is 5. The second kappa shape index (κ2) is 7.36. The maximum atomic E-state index is 10.6. The third-order valence-electron chi connectivity index (χ3n) is 5.11. The summed E-state index contributed by atoms with van der Waals surface area (Å²) in [5.74, 6) is -0.0300. The Labute approximate surface area is 180 Å². The molecule has 1 fully saturated rings. The number of aryl methyl sites for hydroxylation is 1. The molecule has 0 spiro atoms. The van der Waals surface area contributed by atoms with Crippen molar-refractivity contribution in [3.05, 3.63) is 24.7 Å². The Kier molecular flexibility index (Phi) is 3.88. The van der Waals surface area contributed by atoms with E-state index < -0.39 is 6.98 Å². The molecule has 0 radical (unpaired) electrons. The highest BCUT2D eigenvalue weighted by molar-refractivity contribution is 7.29. The van der Waals surface area contributed by atoms with Gasteiger partial charge in [0.25, 0.3) is 0 Å². The number of aromatic hydroxyl groups is 1. The SMILES string of the molecule is [2H]C([2H])([2H])n1cc(-c2cnc(-c3nc4sc(N(C)C5CCNCC5)nc4s3)c(O)c2)cn1. The lowest BCUT2D eigenvalue weighted by atomic mass is 10.1. The molecule has 150 valence electrons. The van der Waals surface area contributed by atoms with Gasteiger partial charge in [-0.2, -0.15) is 5.10 Å². The molecule has 5 heterocycles. The van der Waals surface area contributed by atoms with E-state index in [-0.39, 0.29) is 5.75 Å². The van der Waals surface area contributed by atoms with Crippen LogP contribution in [0.3, 0.4) is 0 Å². The molecule has 1 saturated heterocycles. The van der Waals surface area contributed by atoms with Crippen molar-refractivity contribution >= 4 is 37.5 Å². The van der Waals surface area contributed by atoms with Gasteiger partial charge in [-0.1, -0.05) is 22.7 Å². The molecule has 1 aliphatic rings. The standard InChI is InChI=1S/C19H21N7OS2/c1-25-10-12(9-22-25)11-7-14(27)15(21-8-11)16-23-17-18(28-16)24-19(29-17)26(2)13-3-5-20-6-4-13/h7-10,13,20,27H,3-6H2,1-2H3/i1D3. The molecule has 4 aromatic rings. The van der Waals surface area contributed by atoms with E-state index in [0.29, 0.717) is 27.9 Å². The summed E-state index contributed by atoms with van der Waals surface area (Å²) in [6.45, 7) is -0.307. The normalized spacial score (nSPS) is 17.2. The Hall–Kier alpha value is -2.56. The van der Waals surface area contributed by atoms with E-state index in [9.17, 15) is 5.11 Å². The van der Waals surface area contributed by atoms with Gasteiger partial charge in [-0.25, -0.2) is 15.0 Å². The number of nitrogens with zero attached hydrogens (tertiary/aromatic N) is 6. The average molecular weight is 431 g/mol. The minimum Gasteiger partial charge on any atom is -0.506 e. The number of hydrogen-bond donors (Lipinski definition) is 2. The van der Waals surface area contributed by atoms with E-state index in [0.717, 1.165) is 45.4 Å². The highest BCUT2D eigenvalue weighted by Crippen LogP contribution is 2.39. The molecular weight excluding hydrogens is 406 g/mol. The Morgan fingerprint density at radius 3 is 2.76 bits per heavy atom. The van der Waals surface area contributed by atoms with Crippen LogP contribution in [-0.4, -0.2) is 56.0 Å². The highest BCUT2D eigenvalue weighted by atomic mass is 32.1. The number of anilines is 1. The number of hydrogen-bond acceptors (Lipinski definition) is 9. The molecule has 0 unspecified atom stereocenters. The van der Waals surface area contributed by atoms with Gasteiger partial charge in [0, 0.05) is 47.7 Å². The first-order valence-corrected chi connectivity index (χ1v) is 10.9. The maximum absolute atomic E-state index is 10.6. The summed E-state index contributed by atoms with van der Waals surface area (Å²) in [5.41, 5.74) is 1.51. The predicted molar refractivity (Wildman–Crippen MR) is 117 cm³/mol. The van der Waals surface area contributed by atoms with Crippen LogP contribution in [-0.2, 0) is 6.98 Å². The topological polar surface area (TPSA) is 92.0 Å². The first-order chi connectivity index (χ1) is 15.3. The first kappa shape index (κ1) is 15.3. The summed E-state index contributed by atoms with van der Waals surface area (Å²) in [7, 11) is 2.08. The largest absolute Gasteiger partial charge is 0.506 e. The monoisotopic (exact) mass is 430 g/mol. The molecule has 8 nitrogen and oxygen atoms in total. The van der Waals surface area contributed by atoms with Crippen LogP contribution >= 0.6 is 22.7 Å². The second-order valence-electron chi connectivity index (χ2n) is 6.98. The highest BCUT2D eigenvalue weighted by Gasteiger charge is 2.22. The fourth-order valence-electron chi connectivity index (χ4n) is 3.48. The Bertz CT molecular complexity index is 1230. The number of piperidine rings is 1. The van der Waals surface area contributed by atoms with Crippen molar-refractivity contribution in [2.75, 3.05) is 25.0 Å². The lowest BCUT2D eigenvalue weighted by molar-refractivity contribution is 0.443. The van der Waals surface area contributed by atoms with E-state index >= 15 is 0 Å². The van der Waals surface area contributed by atoms with E-state index in [1.165, 1.54) is 23.7 Å². The van der Waals surface area contributed by atoms with Crippen LogP contribution in [0.1, 0.15) is 17.0 Å². The fraction of sp³-hybridized carbons (Fsp3) is 0.368. The lowest BCUT2D eigenvalue weighted by Gasteiger charge is -2.31. The third-order valence-corrected chi connectivity index (χ3v) is 7.23. The second-order valence-corrected chi connectivity index (χ2v) is 8.92. The first-order valence-electron chi connectivity index (χ1n) is 10.8. The summed E-state index contributed by atoms with van der Waals surface area (Å²) < 4.78 is 23.2. The van der Waals surface area contributed by atoms with E-state index in [1.807, 2.05) is 0 Å². The van der Waals surface area contributed by atoms with Crippen LogP contribution in [0.2, 0.25) is 0 Å². The van der Waals surface area contributed by atoms with Crippen molar-refractivity contribution in [1.82, 2.24) is 30.0 Å². The van der Waals surface area contributed by atoms with Gasteiger partial charge in [0.05, 0.1) is 6.20 Å². The lowest BCUT2D eigenvalue weighted by Crippen LogP contribution is -2.41. The smallest absolute Gasteiger partial charge is 0.188 e. The molecule has 29 heavy (non-hydrogen) atoms.